The first-order chi connectivity index (χ1) is 16.9. The molecule has 6 nitrogen and oxygen atoms in total. The molecule has 1 aliphatic heterocycles. The molecule has 1 saturated heterocycles. The Morgan fingerprint density at radius 2 is 1.69 bits per heavy atom. The van der Waals surface area contributed by atoms with Crippen LogP contribution in [0.5, 0.6) is 17.2 Å². The van der Waals surface area contributed by atoms with E-state index in [-0.39, 0.29) is 18.2 Å². The number of thiocarbonyl (C=S) groups is 1. The van der Waals surface area contributed by atoms with Crippen LogP contribution in [0.3, 0.4) is 0 Å². The Balaban J connectivity index is 1.42. The number of rotatable bonds is 13. The van der Waals surface area contributed by atoms with Crippen LogP contribution in [0.1, 0.15) is 52.0 Å². The molecule has 2 aromatic carbocycles. The molecule has 1 atom stereocenters. The van der Waals surface area contributed by atoms with Crippen LogP contribution in [-0.4, -0.2) is 39.4 Å². The van der Waals surface area contributed by atoms with Crippen LogP contribution < -0.4 is 14.8 Å². The highest BCUT2D eigenvalue weighted by Crippen LogP contribution is 2.30. The van der Waals surface area contributed by atoms with Crippen molar-refractivity contribution in [2.24, 2.45) is 5.92 Å². The zero-order valence-electron chi connectivity index (χ0n) is 20.6. The third-order valence-corrected chi connectivity index (χ3v) is 7.00. The highest BCUT2D eigenvalue weighted by molar-refractivity contribution is 8.24. The summed E-state index contributed by atoms with van der Waals surface area (Å²) < 4.78 is 12.2. The second-order valence-corrected chi connectivity index (χ2v) is 10.8. The summed E-state index contributed by atoms with van der Waals surface area (Å²) in [5.74, 6) is 2.37. The average molecular weight is 515 g/mol. The molecular formula is C27H34N2O4S2. The minimum Gasteiger partial charge on any atom is -0.494 e. The molecule has 0 bridgehead atoms. The summed E-state index contributed by atoms with van der Waals surface area (Å²) in [6.45, 7) is 7.96. The number of hydrogen-bond acceptors (Lipinski definition) is 6. The minimum atomic E-state index is -0.440. The Bertz CT molecular complexity index is 993. The van der Waals surface area contributed by atoms with Crippen molar-refractivity contribution in [3.8, 4) is 17.2 Å². The van der Waals surface area contributed by atoms with Crippen LogP contribution in [0.25, 0.3) is 0 Å². The van der Waals surface area contributed by atoms with Gasteiger partial charge in [-0.15, -0.1) is 0 Å². The van der Waals surface area contributed by atoms with E-state index < -0.39 is 5.25 Å². The molecule has 35 heavy (non-hydrogen) atoms. The fraction of sp³-hybridized carbons (Fsp3) is 0.444. The van der Waals surface area contributed by atoms with E-state index in [1.54, 1.807) is 4.90 Å². The lowest BCUT2D eigenvalue weighted by Crippen LogP contribution is -2.36. The number of amides is 2. The molecule has 0 saturated carbocycles. The highest BCUT2D eigenvalue weighted by atomic mass is 32.2. The molecular weight excluding hydrogens is 480 g/mol. The maximum atomic E-state index is 12.6. The number of thioether (sulfide) groups is 1. The van der Waals surface area contributed by atoms with Crippen LogP contribution in [0.4, 0.5) is 0 Å². The van der Waals surface area contributed by atoms with Crippen molar-refractivity contribution in [3.05, 3.63) is 54.1 Å². The Hall–Kier alpha value is -2.58. The number of hydrogen-bond donors (Lipinski definition) is 1. The summed E-state index contributed by atoms with van der Waals surface area (Å²) >= 11 is 6.62. The maximum absolute atomic E-state index is 12.6. The van der Waals surface area contributed by atoms with Crippen molar-refractivity contribution >= 4 is 40.1 Å². The third kappa shape index (κ3) is 8.54. The zero-order valence-corrected chi connectivity index (χ0v) is 22.3. The van der Waals surface area contributed by atoms with Gasteiger partial charge in [0.05, 0.1) is 11.9 Å². The predicted octanol–water partition coefficient (Wildman–Crippen LogP) is 5.94. The van der Waals surface area contributed by atoms with E-state index in [1.807, 2.05) is 62.4 Å². The summed E-state index contributed by atoms with van der Waals surface area (Å²) in [6, 6.07) is 15.2. The molecule has 1 unspecified atom stereocenters. The number of carbonyl (C=O) groups is 2. The Morgan fingerprint density at radius 1 is 1.06 bits per heavy atom. The molecule has 8 heteroatoms. The molecule has 0 radical (unpaired) electrons. The van der Waals surface area contributed by atoms with Gasteiger partial charge in [0, 0.05) is 19.5 Å². The second kappa shape index (κ2) is 13.5. The first kappa shape index (κ1) is 27.0. The maximum Gasteiger partial charge on any atom is 0.242 e. The van der Waals surface area contributed by atoms with Gasteiger partial charge in [-0.05, 0) is 54.3 Å². The van der Waals surface area contributed by atoms with Crippen molar-refractivity contribution in [2.45, 2.75) is 58.2 Å². The van der Waals surface area contributed by atoms with Crippen LogP contribution in [0.15, 0.2) is 48.5 Å². The van der Waals surface area contributed by atoms with Crippen molar-refractivity contribution in [1.82, 2.24) is 10.2 Å². The van der Waals surface area contributed by atoms with Crippen LogP contribution in [0.2, 0.25) is 0 Å². The topological polar surface area (TPSA) is 67.9 Å². The Morgan fingerprint density at radius 3 is 2.31 bits per heavy atom. The summed E-state index contributed by atoms with van der Waals surface area (Å²) in [7, 11) is 0. The molecule has 1 N–H and O–H groups in total. The summed E-state index contributed by atoms with van der Waals surface area (Å²) in [5.41, 5.74) is 0.948. The fourth-order valence-electron chi connectivity index (χ4n) is 3.56. The molecule has 1 heterocycles. The lowest BCUT2D eigenvalue weighted by Gasteiger charge is -2.17. The monoisotopic (exact) mass is 514 g/mol. The van der Waals surface area contributed by atoms with Gasteiger partial charge in [-0.1, -0.05) is 69.7 Å². The van der Waals surface area contributed by atoms with Gasteiger partial charge in [0.1, 0.15) is 21.6 Å². The normalized spacial score (nSPS) is 15.5. The van der Waals surface area contributed by atoms with Gasteiger partial charge in [0.25, 0.3) is 0 Å². The van der Waals surface area contributed by atoms with E-state index in [0.717, 1.165) is 30.1 Å². The fourth-order valence-corrected chi connectivity index (χ4v) is 5.07. The number of carbonyl (C=O) groups excluding carboxylic acids is 2. The SMILES string of the molecule is CCCCCOc1ccc(Oc2ccc(CNC(=O)CC3SC(=S)N(CC(C)C)C3=O)cc2)cc1. The van der Waals surface area contributed by atoms with Crippen molar-refractivity contribution in [2.75, 3.05) is 13.2 Å². The molecule has 2 amide bonds. The van der Waals surface area contributed by atoms with Crippen molar-refractivity contribution in [3.63, 3.8) is 0 Å². The molecule has 0 spiro atoms. The number of unbranched alkanes of at least 4 members (excludes halogenated alkanes) is 2. The summed E-state index contributed by atoms with van der Waals surface area (Å²) in [5, 5.41) is 2.46. The van der Waals surface area contributed by atoms with Gasteiger partial charge < -0.3 is 14.8 Å². The zero-order chi connectivity index (χ0) is 25.2. The number of nitrogens with one attached hydrogen (secondary N) is 1. The molecule has 0 aliphatic carbocycles. The summed E-state index contributed by atoms with van der Waals surface area (Å²) in [6.07, 6.45) is 3.53. The Labute approximate surface area is 217 Å². The number of nitrogens with zero attached hydrogens (tertiary/aromatic N) is 1. The number of ether oxygens (including phenoxy) is 2. The van der Waals surface area contributed by atoms with Gasteiger partial charge in [-0.2, -0.15) is 0 Å². The smallest absolute Gasteiger partial charge is 0.242 e. The van der Waals surface area contributed by atoms with E-state index in [0.29, 0.717) is 29.1 Å². The van der Waals surface area contributed by atoms with E-state index >= 15 is 0 Å². The molecule has 3 rings (SSSR count). The lowest BCUT2D eigenvalue weighted by atomic mass is 10.2. The second-order valence-electron chi connectivity index (χ2n) is 8.97. The van der Waals surface area contributed by atoms with Crippen LogP contribution in [0, 0.1) is 5.92 Å². The van der Waals surface area contributed by atoms with Crippen molar-refractivity contribution < 1.29 is 19.1 Å². The first-order valence-corrected chi connectivity index (χ1v) is 13.4. The molecule has 2 aromatic rings. The van der Waals surface area contributed by atoms with Crippen molar-refractivity contribution in [1.29, 1.82) is 0 Å². The van der Waals surface area contributed by atoms with E-state index in [2.05, 4.69) is 12.2 Å². The van der Waals surface area contributed by atoms with Gasteiger partial charge in [0.2, 0.25) is 11.8 Å². The minimum absolute atomic E-state index is 0.0681. The van der Waals surface area contributed by atoms with Gasteiger partial charge in [-0.3, -0.25) is 14.5 Å². The quantitative estimate of drug-likeness (QED) is 0.264. The Kier molecular flexibility index (Phi) is 10.4. The van der Waals surface area contributed by atoms with Crippen LogP contribution >= 0.6 is 24.0 Å². The molecule has 1 fully saturated rings. The number of benzene rings is 2. The van der Waals surface area contributed by atoms with E-state index in [1.165, 1.54) is 24.6 Å². The van der Waals surface area contributed by atoms with E-state index in [4.69, 9.17) is 21.7 Å². The molecule has 188 valence electrons. The van der Waals surface area contributed by atoms with Gasteiger partial charge >= 0.3 is 0 Å². The predicted molar refractivity (Wildman–Crippen MR) is 145 cm³/mol. The first-order valence-electron chi connectivity index (χ1n) is 12.1. The highest BCUT2D eigenvalue weighted by Gasteiger charge is 2.38. The average Bonchev–Trinajstić information content (AvgIpc) is 3.09. The van der Waals surface area contributed by atoms with Crippen LogP contribution in [-0.2, 0) is 16.1 Å². The van der Waals surface area contributed by atoms with Gasteiger partial charge in [-0.25, -0.2) is 0 Å². The van der Waals surface area contributed by atoms with Gasteiger partial charge in [0.15, 0.2) is 0 Å². The van der Waals surface area contributed by atoms with E-state index in [9.17, 15) is 9.59 Å². The lowest BCUT2D eigenvalue weighted by molar-refractivity contribution is -0.129. The largest absolute Gasteiger partial charge is 0.494 e. The summed E-state index contributed by atoms with van der Waals surface area (Å²) in [4.78, 5) is 26.6. The molecule has 0 aromatic heterocycles. The standard InChI is InChI=1S/C27H34N2O4S2/c1-4-5-6-15-32-21-11-13-23(14-12-21)33-22-9-7-20(8-10-22)17-28-25(30)16-24-26(31)29(18-19(2)3)27(34)35-24/h7-14,19,24H,4-6,15-18H2,1-3H3,(H,28,30). The third-order valence-electron chi connectivity index (χ3n) is 5.41. The molecule has 1 aliphatic rings.